The van der Waals surface area contributed by atoms with Crippen LogP contribution in [0.4, 0.5) is 4.39 Å². The highest BCUT2D eigenvalue weighted by atomic mass is 79.9. The number of nitrogens with one attached hydrogen (secondary N) is 1. The maximum atomic E-state index is 13.3. The number of hydrogen-bond acceptors (Lipinski definition) is 1. The van der Waals surface area contributed by atoms with Crippen LogP contribution in [0.25, 0.3) is 0 Å². The standard InChI is InChI=1S/C15H15BrFN/c1-2-18-15(11-5-3-7-13(16)9-11)12-6-4-8-14(17)10-12/h3-10,15,18H,2H2,1H3. The van der Waals surface area contributed by atoms with E-state index in [0.717, 1.165) is 22.1 Å². The monoisotopic (exact) mass is 307 g/mol. The average Bonchev–Trinajstić information content (AvgIpc) is 2.36. The van der Waals surface area contributed by atoms with E-state index in [1.54, 1.807) is 12.1 Å². The van der Waals surface area contributed by atoms with Gasteiger partial charge >= 0.3 is 0 Å². The van der Waals surface area contributed by atoms with Gasteiger partial charge in [-0.05, 0) is 41.9 Å². The predicted octanol–water partition coefficient (Wildman–Crippen LogP) is 4.29. The Kier molecular flexibility index (Phi) is 4.50. The van der Waals surface area contributed by atoms with E-state index in [4.69, 9.17) is 0 Å². The summed E-state index contributed by atoms with van der Waals surface area (Å²) in [6.07, 6.45) is 0. The number of rotatable bonds is 4. The molecule has 2 rings (SSSR count). The molecule has 18 heavy (non-hydrogen) atoms. The summed E-state index contributed by atoms with van der Waals surface area (Å²) in [5.41, 5.74) is 2.06. The zero-order chi connectivity index (χ0) is 13.0. The Morgan fingerprint density at radius 3 is 2.39 bits per heavy atom. The van der Waals surface area contributed by atoms with Crippen LogP contribution in [0.15, 0.2) is 53.0 Å². The van der Waals surface area contributed by atoms with Gasteiger partial charge in [-0.25, -0.2) is 4.39 Å². The fourth-order valence-corrected chi connectivity index (χ4v) is 2.42. The molecule has 1 unspecified atom stereocenters. The fraction of sp³-hybridized carbons (Fsp3) is 0.200. The molecule has 2 aromatic rings. The molecule has 0 aliphatic heterocycles. The zero-order valence-electron chi connectivity index (χ0n) is 10.2. The third-order valence-electron chi connectivity index (χ3n) is 2.77. The SMILES string of the molecule is CCNC(c1cccc(F)c1)c1cccc(Br)c1. The van der Waals surface area contributed by atoms with Gasteiger partial charge in [0.1, 0.15) is 5.82 Å². The highest BCUT2D eigenvalue weighted by Crippen LogP contribution is 2.24. The van der Waals surface area contributed by atoms with E-state index >= 15 is 0 Å². The van der Waals surface area contributed by atoms with E-state index in [9.17, 15) is 4.39 Å². The first-order chi connectivity index (χ1) is 8.70. The topological polar surface area (TPSA) is 12.0 Å². The lowest BCUT2D eigenvalue weighted by atomic mass is 9.98. The lowest BCUT2D eigenvalue weighted by Crippen LogP contribution is -2.22. The molecule has 1 nitrogen and oxygen atoms in total. The van der Waals surface area contributed by atoms with Crippen LogP contribution >= 0.6 is 15.9 Å². The minimum absolute atomic E-state index is 0.0169. The van der Waals surface area contributed by atoms with Gasteiger partial charge in [0.2, 0.25) is 0 Å². The van der Waals surface area contributed by atoms with Crippen molar-refractivity contribution < 1.29 is 4.39 Å². The van der Waals surface area contributed by atoms with Crippen LogP contribution in [-0.4, -0.2) is 6.54 Å². The summed E-state index contributed by atoms with van der Waals surface area (Å²) < 4.78 is 14.4. The van der Waals surface area contributed by atoms with E-state index < -0.39 is 0 Å². The van der Waals surface area contributed by atoms with Gasteiger partial charge in [0.15, 0.2) is 0 Å². The molecule has 0 bridgehead atoms. The molecule has 0 radical (unpaired) electrons. The van der Waals surface area contributed by atoms with E-state index in [0.29, 0.717) is 0 Å². The minimum atomic E-state index is -0.203. The first-order valence-corrected chi connectivity index (χ1v) is 6.74. The molecule has 2 aromatic carbocycles. The van der Waals surface area contributed by atoms with Gasteiger partial charge < -0.3 is 5.32 Å². The Morgan fingerprint density at radius 1 is 1.11 bits per heavy atom. The van der Waals surface area contributed by atoms with Crippen molar-refractivity contribution >= 4 is 15.9 Å². The van der Waals surface area contributed by atoms with Gasteiger partial charge in [-0.1, -0.05) is 47.1 Å². The zero-order valence-corrected chi connectivity index (χ0v) is 11.7. The van der Waals surface area contributed by atoms with E-state index in [2.05, 4.69) is 27.3 Å². The summed E-state index contributed by atoms with van der Waals surface area (Å²) in [4.78, 5) is 0. The van der Waals surface area contributed by atoms with Crippen molar-refractivity contribution in [3.05, 3.63) is 69.9 Å². The number of benzene rings is 2. The van der Waals surface area contributed by atoms with E-state index in [1.807, 2.05) is 31.2 Å². The lowest BCUT2D eigenvalue weighted by Gasteiger charge is -2.19. The van der Waals surface area contributed by atoms with Crippen LogP contribution in [0.3, 0.4) is 0 Å². The molecule has 0 saturated carbocycles. The van der Waals surface area contributed by atoms with Gasteiger partial charge in [0, 0.05) is 4.47 Å². The first kappa shape index (κ1) is 13.2. The highest BCUT2D eigenvalue weighted by molar-refractivity contribution is 9.10. The Morgan fingerprint density at radius 2 is 1.78 bits per heavy atom. The summed E-state index contributed by atoms with van der Waals surface area (Å²) >= 11 is 3.47. The molecule has 0 amide bonds. The maximum Gasteiger partial charge on any atom is 0.123 e. The first-order valence-electron chi connectivity index (χ1n) is 5.95. The van der Waals surface area contributed by atoms with Crippen LogP contribution in [0.5, 0.6) is 0 Å². The van der Waals surface area contributed by atoms with Crippen LogP contribution in [0.1, 0.15) is 24.1 Å². The Labute approximate surface area is 115 Å². The average molecular weight is 308 g/mol. The van der Waals surface area contributed by atoms with Crippen molar-refractivity contribution in [1.29, 1.82) is 0 Å². The second kappa shape index (κ2) is 6.12. The van der Waals surface area contributed by atoms with Gasteiger partial charge in [0.25, 0.3) is 0 Å². The van der Waals surface area contributed by atoms with Gasteiger partial charge in [-0.3, -0.25) is 0 Å². The summed E-state index contributed by atoms with van der Waals surface area (Å²) in [6, 6.07) is 14.8. The molecule has 1 atom stereocenters. The molecule has 0 saturated heterocycles. The Hall–Kier alpha value is -1.19. The third kappa shape index (κ3) is 3.18. The molecular weight excluding hydrogens is 293 g/mol. The summed E-state index contributed by atoms with van der Waals surface area (Å²) in [5, 5.41) is 3.38. The Bertz CT molecular complexity index is 482. The smallest absolute Gasteiger partial charge is 0.123 e. The fourth-order valence-electron chi connectivity index (χ4n) is 2.00. The second-order valence-electron chi connectivity index (χ2n) is 4.10. The molecule has 0 aromatic heterocycles. The van der Waals surface area contributed by atoms with Gasteiger partial charge in [-0.15, -0.1) is 0 Å². The molecule has 0 heterocycles. The quantitative estimate of drug-likeness (QED) is 0.888. The van der Waals surface area contributed by atoms with Crippen molar-refractivity contribution in [1.82, 2.24) is 5.32 Å². The van der Waals surface area contributed by atoms with Crippen molar-refractivity contribution in [3.63, 3.8) is 0 Å². The molecule has 0 spiro atoms. The van der Waals surface area contributed by atoms with Crippen molar-refractivity contribution in [3.8, 4) is 0 Å². The molecular formula is C15H15BrFN. The summed E-state index contributed by atoms with van der Waals surface area (Å²) in [5.74, 6) is -0.203. The van der Waals surface area contributed by atoms with Gasteiger partial charge in [0.05, 0.1) is 6.04 Å². The molecule has 1 N–H and O–H groups in total. The molecule has 0 aliphatic rings. The summed E-state index contributed by atoms with van der Waals surface area (Å²) in [7, 11) is 0. The van der Waals surface area contributed by atoms with Crippen LogP contribution in [0, 0.1) is 5.82 Å². The number of halogens is 2. The van der Waals surface area contributed by atoms with Crippen molar-refractivity contribution in [2.75, 3.05) is 6.54 Å². The summed E-state index contributed by atoms with van der Waals surface area (Å²) in [6.45, 7) is 2.87. The normalized spacial score (nSPS) is 12.4. The molecule has 0 fully saturated rings. The van der Waals surface area contributed by atoms with Crippen LogP contribution in [-0.2, 0) is 0 Å². The highest BCUT2D eigenvalue weighted by Gasteiger charge is 2.13. The van der Waals surface area contributed by atoms with Crippen LogP contribution < -0.4 is 5.32 Å². The van der Waals surface area contributed by atoms with E-state index in [1.165, 1.54) is 6.07 Å². The van der Waals surface area contributed by atoms with Gasteiger partial charge in [-0.2, -0.15) is 0 Å². The van der Waals surface area contributed by atoms with Crippen molar-refractivity contribution in [2.45, 2.75) is 13.0 Å². The largest absolute Gasteiger partial charge is 0.307 e. The molecule has 3 heteroatoms. The van der Waals surface area contributed by atoms with Crippen molar-refractivity contribution in [2.24, 2.45) is 0 Å². The number of hydrogen-bond donors (Lipinski definition) is 1. The second-order valence-corrected chi connectivity index (χ2v) is 5.02. The Balaban J connectivity index is 2.39. The molecule has 94 valence electrons. The predicted molar refractivity (Wildman–Crippen MR) is 76.1 cm³/mol. The minimum Gasteiger partial charge on any atom is -0.307 e. The lowest BCUT2D eigenvalue weighted by molar-refractivity contribution is 0.603. The maximum absolute atomic E-state index is 13.3. The third-order valence-corrected chi connectivity index (χ3v) is 3.27. The molecule has 0 aliphatic carbocycles. The van der Waals surface area contributed by atoms with E-state index in [-0.39, 0.29) is 11.9 Å². The van der Waals surface area contributed by atoms with Crippen LogP contribution in [0.2, 0.25) is 0 Å².